The first-order valence-corrected chi connectivity index (χ1v) is 11.8. The van der Waals surface area contributed by atoms with Crippen molar-refractivity contribution in [2.24, 2.45) is 0 Å². The fourth-order valence-electron chi connectivity index (χ4n) is 2.28. The molecule has 0 aliphatic heterocycles. The number of hydrogen-bond donors (Lipinski definition) is 0. The maximum Gasteiger partial charge on any atom is 0.246 e. The number of rotatable bonds is 5. The molecular formula is C18H15ClFNO3S3. The van der Waals surface area contributed by atoms with Crippen LogP contribution in [-0.4, -0.2) is 23.2 Å². The number of aromatic nitrogens is 1. The summed E-state index contributed by atoms with van der Waals surface area (Å²) in [4.78, 5) is 4.17. The highest BCUT2D eigenvalue weighted by Gasteiger charge is 2.35. The highest BCUT2D eigenvalue weighted by Crippen LogP contribution is 2.38. The molecule has 0 aliphatic carbocycles. The van der Waals surface area contributed by atoms with Gasteiger partial charge < -0.3 is 4.55 Å². The van der Waals surface area contributed by atoms with Crippen molar-refractivity contribution < 1.29 is 17.4 Å². The van der Waals surface area contributed by atoms with Gasteiger partial charge in [-0.25, -0.2) is 17.8 Å². The molecule has 0 spiro atoms. The van der Waals surface area contributed by atoms with E-state index in [1.165, 1.54) is 42.5 Å². The molecule has 1 aromatic heterocycles. The van der Waals surface area contributed by atoms with Crippen LogP contribution < -0.4 is 0 Å². The Labute approximate surface area is 169 Å². The van der Waals surface area contributed by atoms with E-state index in [0.717, 1.165) is 11.3 Å². The van der Waals surface area contributed by atoms with Crippen LogP contribution in [0.1, 0.15) is 13.8 Å². The third-order valence-electron chi connectivity index (χ3n) is 3.66. The molecule has 0 N–H and O–H groups in total. The SMILES string of the molecule is CC(C)[S+]([O-])c1sc(-c2ccccc2F)nc1S(=O)(=O)c1ccc(Cl)cc1. The average Bonchev–Trinajstić information content (AvgIpc) is 3.07. The molecule has 1 unspecified atom stereocenters. The van der Waals surface area contributed by atoms with Gasteiger partial charge in [-0.05, 0) is 50.2 Å². The fourth-order valence-corrected chi connectivity index (χ4v) is 7.15. The summed E-state index contributed by atoms with van der Waals surface area (Å²) in [6.45, 7) is 3.44. The second-order valence-electron chi connectivity index (χ2n) is 5.89. The summed E-state index contributed by atoms with van der Waals surface area (Å²) in [7, 11) is -4.04. The quantitative estimate of drug-likeness (QED) is 0.523. The maximum absolute atomic E-state index is 14.2. The lowest BCUT2D eigenvalue weighted by atomic mass is 10.2. The van der Waals surface area contributed by atoms with Gasteiger partial charge in [0.15, 0.2) is 0 Å². The van der Waals surface area contributed by atoms with Gasteiger partial charge in [0.25, 0.3) is 0 Å². The summed E-state index contributed by atoms with van der Waals surface area (Å²) in [6.07, 6.45) is 0. The summed E-state index contributed by atoms with van der Waals surface area (Å²) < 4.78 is 53.2. The molecule has 0 saturated heterocycles. The number of hydrogen-bond acceptors (Lipinski definition) is 5. The van der Waals surface area contributed by atoms with Crippen molar-refractivity contribution >= 4 is 44.0 Å². The minimum atomic E-state index is -4.04. The van der Waals surface area contributed by atoms with Gasteiger partial charge in [0, 0.05) is 21.8 Å². The Kier molecular flexibility index (Phi) is 5.93. The maximum atomic E-state index is 14.2. The number of nitrogens with zero attached hydrogens (tertiary/aromatic N) is 1. The topological polar surface area (TPSA) is 70.1 Å². The Bertz CT molecular complexity index is 1070. The number of halogens is 2. The van der Waals surface area contributed by atoms with E-state index >= 15 is 0 Å². The Morgan fingerprint density at radius 1 is 1.15 bits per heavy atom. The molecule has 4 nitrogen and oxygen atoms in total. The van der Waals surface area contributed by atoms with Gasteiger partial charge in [-0.15, -0.1) is 0 Å². The van der Waals surface area contributed by atoms with E-state index in [4.69, 9.17) is 11.6 Å². The van der Waals surface area contributed by atoms with Crippen LogP contribution in [0.3, 0.4) is 0 Å². The van der Waals surface area contributed by atoms with E-state index in [9.17, 15) is 17.4 Å². The second-order valence-corrected chi connectivity index (χ2v) is 11.4. The van der Waals surface area contributed by atoms with Gasteiger partial charge in [0.1, 0.15) is 16.1 Å². The molecule has 27 heavy (non-hydrogen) atoms. The van der Waals surface area contributed by atoms with E-state index in [-0.39, 0.29) is 30.0 Å². The Morgan fingerprint density at radius 2 is 1.78 bits per heavy atom. The molecule has 3 rings (SSSR count). The van der Waals surface area contributed by atoms with Crippen LogP contribution in [0.25, 0.3) is 10.6 Å². The predicted octanol–water partition coefficient (Wildman–Crippen LogP) is 4.95. The van der Waals surface area contributed by atoms with Crippen molar-refractivity contribution in [3.63, 3.8) is 0 Å². The molecule has 3 aromatic rings. The van der Waals surface area contributed by atoms with E-state index in [2.05, 4.69) is 4.98 Å². The lowest BCUT2D eigenvalue weighted by Crippen LogP contribution is -2.16. The summed E-state index contributed by atoms with van der Waals surface area (Å²) >= 11 is 5.16. The fraction of sp³-hybridized carbons (Fsp3) is 0.167. The summed E-state index contributed by atoms with van der Waals surface area (Å²) in [5.74, 6) is -0.524. The first-order chi connectivity index (χ1) is 12.7. The zero-order valence-electron chi connectivity index (χ0n) is 14.3. The van der Waals surface area contributed by atoms with Crippen LogP contribution in [0, 0.1) is 5.82 Å². The molecule has 142 valence electrons. The predicted molar refractivity (Wildman–Crippen MR) is 106 cm³/mol. The Morgan fingerprint density at radius 3 is 2.37 bits per heavy atom. The van der Waals surface area contributed by atoms with Crippen molar-refractivity contribution in [3.05, 3.63) is 59.4 Å². The van der Waals surface area contributed by atoms with Gasteiger partial charge in [-0.1, -0.05) is 35.1 Å². The zero-order valence-corrected chi connectivity index (χ0v) is 17.6. The van der Waals surface area contributed by atoms with Crippen LogP contribution in [0.15, 0.2) is 62.7 Å². The normalized spacial score (nSPS) is 13.1. The molecular weight excluding hydrogens is 429 g/mol. The van der Waals surface area contributed by atoms with Gasteiger partial charge in [-0.2, -0.15) is 0 Å². The molecule has 2 aromatic carbocycles. The number of thiazole rings is 1. The van der Waals surface area contributed by atoms with Crippen LogP contribution in [0.5, 0.6) is 0 Å². The van der Waals surface area contributed by atoms with Crippen molar-refractivity contribution in [1.82, 2.24) is 4.98 Å². The lowest BCUT2D eigenvalue weighted by Gasteiger charge is -2.13. The van der Waals surface area contributed by atoms with Crippen LogP contribution >= 0.6 is 22.9 Å². The van der Waals surface area contributed by atoms with E-state index in [0.29, 0.717) is 5.02 Å². The first kappa shape index (κ1) is 20.3. The second kappa shape index (κ2) is 7.89. The third-order valence-corrected chi connectivity index (χ3v) is 8.91. The monoisotopic (exact) mass is 443 g/mol. The Balaban J connectivity index is 2.21. The molecule has 0 radical (unpaired) electrons. The zero-order chi connectivity index (χ0) is 19.8. The standard InChI is InChI=1S/C18H15ClFNO3S3/c1-11(2)26(22)18-17(27(23,24)13-9-7-12(19)8-10-13)21-16(25-18)14-5-3-4-6-15(14)20/h3-11H,1-2H3. The van der Waals surface area contributed by atoms with Crippen molar-refractivity contribution in [2.45, 2.75) is 33.2 Å². The smallest absolute Gasteiger partial charge is 0.246 e. The summed E-state index contributed by atoms with van der Waals surface area (Å²) in [5.41, 5.74) is 0.169. The van der Waals surface area contributed by atoms with Crippen LogP contribution in [0.2, 0.25) is 5.02 Å². The summed E-state index contributed by atoms with van der Waals surface area (Å²) in [5, 5.41) is -0.0620. The Hall–Kier alpha value is -1.45. The summed E-state index contributed by atoms with van der Waals surface area (Å²) in [6, 6.07) is 11.6. The van der Waals surface area contributed by atoms with E-state index < -0.39 is 26.8 Å². The van der Waals surface area contributed by atoms with Crippen molar-refractivity contribution in [3.8, 4) is 10.6 Å². The van der Waals surface area contributed by atoms with Gasteiger partial charge in [0.05, 0.1) is 4.90 Å². The van der Waals surface area contributed by atoms with E-state index in [1.807, 2.05) is 0 Å². The molecule has 0 saturated carbocycles. The molecule has 0 bridgehead atoms. The average molecular weight is 444 g/mol. The lowest BCUT2D eigenvalue weighted by molar-refractivity contribution is 0.577. The molecule has 1 atom stereocenters. The highest BCUT2D eigenvalue weighted by molar-refractivity contribution is 7.96. The number of benzene rings is 2. The van der Waals surface area contributed by atoms with Crippen LogP contribution in [0.4, 0.5) is 4.39 Å². The minimum absolute atomic E-state index is 0.0145. The minimum Gasteiger partial charge on any atom is -0.611 e. The molecule has 0 amide bonds. The van der Waals surface area contributed by atoms with Gasteiger partial charge >= 0.3 is 0 Å². The van der Waals surface area contributed by atoms with Gasteiger partial charge in [0.2, 0.25) is 19.1 Å². The third kappa shape index (κ3) is 4.05. The molecule has 0 fully saturated rings. The first-order valence-electron chi connectivity index (χ1n) is 7.88. The van der Waals surface area contributed by atoms with Crippen LogP contribution in [-0.2, 0) is 21.0 Å². The van der Waals surface area contributed by atoms with E-state index in [1.54, 1.807) is 19.9 Å². The number of sulfone groups is 1. The largest absolute Gasteiger partial charge is 0.611 e. The highest BCUT2D eigenvalue weighted by atomic mass is 35.5. The molecule has 9 heteroatoms. The van der Waals surface area contributed by atoms with Crippen molar-refractivity contribution in [2.75, 3.05) is 0 Å². The van der Waals surface area contributed by atoms with Crippen molar-refractivity contribution in [1.29, 1.82) is 0 Å². The molecule has 0 aliphatic rings. The molecule has 1 heterocycles. The van der Waals surface area contributed by atoms with Gasteiger partial charge in [-0.3, -0.25) is 0 Å².